The van der Waals surface area contributed by atoms with E-state index in [9.17, 15) is 4.79 Å². The van der Waals surface area contributed by atoms with Gasteiger partial charge in [-0.2, -0.15) is 0 Å². The highest BCUT2D eigenvalue weighted by molar-refractivity contribution is 5.92. The van der Waals surface area contributed by atoms with E-state index in [4.69, 9.17) is 4.42 Å². The minimum atomic E-state index is -0.0515. The van der Waals surface area contributed by atoms with Crippen molar-refractivity contribution >= 4 is 11.6 Å². The zero-order valence-electron chi connectivity index (χ0n) is 12.4. The standard InChI is InChI=1S/C16H19N3O2/c1-12-4-3-5-15(13(12)2)18-6-8-19(9-7-18)16(20)14-10-21-11-17-14/h3-5,10-11H,6-9H2,1-2H3. The third-order valence-electron chi connectivity index (χ3n) is 4.14. The fraction of sp³-hybridized carbons (Fsp3) is 0.375. The smallest absolute Gasteiger partial charge is 0.275 e. The van der Waals surface area contributed by atoms with Crippen LogP contribution in [0.25, 0.3) is 0 Å². The summed E-state index contributed by atoms with van der Waals surface area (Å²) >= 11 is 0. The quantitative estimate of drug-likeness (QED) is 0.849. The van der Waals surface area contributed by atoms with Gasteiger partial charge in [-0.05, 0) is 31.0 Å². The molecule has 2 heterocycles. The highest BCUT2D eigenvalue weighted by Crippen LogP contribution is 2.24. The molecular formula is C16H19N3O2. The summed E-state index contributed by atoms with van der Waals surface area (Å²) in [6.45, 7) is 7.38. The molecule has 0 aliphatic carbocycles. The van der Waals surface area contributed by atoms with Gasteiger partial charge in [-0.15, -0.1) is 0 Å². The van der Waals surface area contributed by atoms with Crippen LogP contribution in [-0.4, -0.2) is 42.0 Å². The molecule has 1 aromatic heterocycles. The number of nitrogens with zero attached hydrogens (tertiary/aromatic N) is 3. The van der Waals surface area contributed by atoms with Gasteiger partial charge in [0.1, 0.15) is 6.26 Å². The molecule has 1 fully saturated rings. The van der Waals surface area contributed by atoms with Crippen molar-refractivity contribution in [2.75, 3.05) is 31.1 Å². The van der Waals surface area contributed by atoms with E-state index in [2.05, 4.69) is 41.9 Å². The van der Waals surface area contributed by atoms with Crippen LogP contribution < -0.4 is 4.90 Å². The van der Waals surface area contributed by atoms with Crippen molar-refractivity contribution in [3.63, 3.8) is 0 Å². The van der Waals surface area contributed by atoms with Crippen LogP contribution in [0.1, 0.15) is 21.6 Å². The normalized spacial score (nSPS) is 15.3. The lowest BCUT2D eigenvalue weighted by atomic mass is 10.1. The van der Waals surface area contributed by atoms with E-state index in [1.165, 1.54) is 29.5 Å². The zero-order chi connectivity index (χ0) is 14.8. The van der Waals surface area contributed by atoms with Gasteiger partial charge in [0.25, 0.3) is 5.91 Å². The number of aryl methyl sites for hydroxylation is 1. The molecule has 5 nitrogen and oxygen atoms in total. The molecule has 0 atom stereocenters. The van der Waals surface area contributed by atoms with Gasteiger partial charge in [0.05, 0.1) is 0 Å². The second-order valence-electron chi connectivity index (χ2n) is 5.37. The minimum absolute atomic E-state index is 0.0515. The van der Waals surface area contributed by atoms with Crippen LogP contribution in [0.3, 0.4) is 0 Å². The Morgan fingerprint density at radius 3 is 2.62 bits per heavy atom. The average Bonchev–Trinajstić information content (AvgIpc) is 3.04. The Balaban J connectivity index is 1.68. The van der Waals surface area contributed by atoms with E-state index < -0.39 is 0 Å². The van der Waals surface area contributed by atoms with Crippen molar-refractivity contribution in [1.29, 1.82) is 0 Å². The second-order valence-corrected chi connectivity index (χ2v) is 5.37. The minimum Gasteiger partial charge on any atom is -0.451 e. The molecule has 0 N–H and O–H groups in total. The Morgan fingerprint density at radius 1 is 1.19 bits per heavy atom. The molecule has 110 valence electrons. The van der Waals surface area contributed by atoms with Crippen LogP contribution in [0.4, 0.5) is 5.69 Å². The van der Waals surface area contributed by atoms with Crippen LogP contribution in [0.5, 0.6) is 0 Å². The van der Waals surface area contributed by atoms with Crippen molar-refractivity contribution in [2.45, 2.75) is 13.8 Å². The van der Waals surface area contributed by atoms with Crippen molar-refractivity contribution in [3.8, 4) is 0 Å². The van der Waals surface area contributed by atoms with E-state index in [-0.39, 0.29) is 5.91 Å². The molecule has 1 aliphatic heterocycles. The first-order valence-electron chi connectivity index (χ1n) is 7.15. The highest BCUT2D eigenvalue weighted by Gasteiger charge is 2.24. The number of carbonyl (C=O) groups is 1. The molecule has 3 rings (SSSR count). The average molecular weight is 285 g/mol. The van der Waals surface area contributed by atoms with Gasteiger partial charge in [0.15, 0.2) is 12.1 Å². The van der Waals surface area contributed by atoms with Crippen LogP contribution in [0.15, 0.2) is 35.3 Å². The fourth-order valence-electron chi connectivity index (χ4n) is 2.71. The molecule has 0 saturated carbocycles. The largest absolute Gasteiger partial charge is 0.451 e. The van der Waals surface area contributed by atoms with E-state index in [0.29, 0.717) is 18.8 Å². The Bertz CT molecular complexity index is 629. The summed E-state index contributed by atoms with van der Waals surface area (Å²) in [4.78, 5) is 20.3. The van der Waals surface area contributed by atoms with Crippen molar-refractivity contribution in [1.82, 2.24) is 9.88 Å². The van der Waals surface area contributed by atoms with Gasteiger partial charge in [-0.25, -0.2) is 4.98 Å². The first-order valence-corrected chi connectivity index (χ1v) is 7.15. The molecule has 2 aromatic rings. The summed E-state index contributed by atoms with van der Waals surface area (Å²) < 4.78 is 4.88. The summed E-state index contributed by atoms with van der Waals surface area (Å²) in [6.07, 6.45) is 2.69. The van der Waals surface area contributed by atoms with Crippen LogP contribution >= 0.6 is 0 Å². The summed E-state index contributed by atoms with van der Waals surface area (Å²) in [5.74, 6) is -0.0515. The summed E-state index contributed by atoms with van der Waals surface area (Å²) in [5.41, 5.74) is 4.26. The third-order valence-corrected chi connectivity index (χ3v) is 4.14. The van der Waals surface area contributed by atoms with Gasteiger partial charge in [-0.1, -0.05) is 12.1 Å². The first-order chi connectivity index (χ1) is 10.2. The lowest BCUT2D eigenvalue weighted by Crippen LogP contribution is -2.49. The summed E-state index contributed by atoms with van der Waals surface area (Å²) in [7, 11) is 0. The molecule has 1 saturated heterocycles. The number of hydrogen-bond acceptors (Lipinski definition) is 4. The highest BCUT2D eigenvalue weighted by atomic mass is 16.3. The molecule has 21 heavy (non-hydrogen) atoms. The number of piperazine rings is 1. The number of amides is 1. The third kappa shape index (κ3) is 2.63. The van der Waals surface area contributed by atoms with Gasteiger partial charge in [-0.3, -0.25) is 4.79 Å². The summed E-state index contributed by atoms with van der Waals surface area (Å²) in [6, 6.07) is 6.37. The maximum Gasteiger partial charge on any atom is 0.275 e. The van der Waals surface area contributed by atoms with E-state index in [1.54, 1.807) is 0 Å². The Kier molecular flexibility index (Phi) is 3.64. The van der Waals surface area contributed by atoms with E-state index >= 15 is 0 Å². The number of aromatic nitrogens is 1. The first kappa shape index (κ1) is 13.7. The number of rotatable bonds is 2. The zero-order valence-corrected chi connectivity index (χ0v) is 12.4. The van der Waals surface area contributed by atoms with E-state index in [1.807, 2.05) is 4.90 Å². The monoisotopic (exact) mass is 285 g/mol. The van der Waals surface area contributed by atoms with Crippen LogP contribution in [-0.2, 0) is 0 Å². The van der Waals surface area contributed by atoms with Crippen molar-refractivity contribution in [2.24, 2.45) is 0 Å². The van der Waals surface area contributed by atoms with E-state index in [0.717, 1.165) is 13.1 Å². The van der Waals surface area contributed by atoms with Gasteiger partial charge >= 0.3 is 0 Å². The molecule has 0 unspecified atom stereocenters. The number of oxazole rings is 1. The lowest BCUT2D eigenvalue weighted by molar-refractivity contribution is 0.0741. The van der Waals surface area contributed by atoms with Crippen LogP contribution in [0, 0.1) is 13.8 Å². The topological polar surface area (TPSA) is 49.6 Å². The molecule has 0 radical (unpaired) electrons. The molecular weight excluding hydrogens is 266 g/mol. The fourth-order valence-corrected chi connectivity index (χ4v) is 2.71. The maximum atomic E-state index is 12.2. The lowest BCUT2D eigenvalue weighted by Gasteiger charge is -2.36. The molecule has 1 aromatic carbocycles. The number of anilines is 1. The molecule has 1 aliphatic rings. The Morgan fingerprint density at radius 2 is 1.95 bits per heavy atom. The number of benzene rings is 1. The predicted octanol–water partition coefficient (Wildman–Crippen LogP) is 2.25. The molecule has 1 amide bonds. The van der Waals surface area contributed by atoms with Crippen molar-refractivity contribution in [3.05, 3.63) is 47.7 Å². The summed E-state index contributed by atoms with van der Waals surface area (Å²) in [5, 5.41) is 0. The number of hydrogen-bond donors (Lipinski definition) is 0. The number of carbonyl (C=O) groups excluding carboxylic acids is 1. The van der Waals surface area contributed by atoms with Crippen LogP contribution in [0.2, 0.25) is 0 Å². The molecule has 0 bridgehead atoms. The predicted molar refractivity (Wildman–Crippen MR) is 80.5 cm³/mol. The SMILES string of the molecule is Cc1cccc(N2CCN(C(=O)c3cocn3)CC2)c1C. The van der Waals surface area contributed by atoms with Gasteiger partial charge in [0, 0.05) is 31.9 Å². The Hall–Kier alpha value is -2.30. The van der Waals surface area contributed by atoms with Gasteiger partial charge < -0.3 is 14.2 Å². The maximum absolute atomic E-state index is 12.2. The molecule has 5 heteroatoms. The second kappa shape index (κ2) is 5.60. The van der Waals surface area contributed by atoms with Gasteiger partial charge in [0.2, 0.25) is 0 Å². The Labute approximate surface area is 124 Å². The van der Waals surface area contributed by atoms with Crippen molar-refractivity contribution < 1.29 is 9.21 Å². The molecule has 0 spiro atoms.